The van der Waals surface area contributed by atoms with Crippen molar-refractivity contribution in [2.45, 2.75) is 12.1 Å². The standard InChI is InChI=1S/C14H13ClFN5O/c15-10-6-18-13(19-7-10)21-5-3-14(16,9-21)12(22)20-11-2-1-4-17-8-11/h1-2,4,6-8H,3,5,9H2,(H,20,22). The van der Waals surface area contributed by atoms with E-state index in [9.17, 15) is 9.18 Å². The predicted molar refractivity (Wildman–Crippen MR) is 80.6 cm³/mol. The monoisotopic (exact) mass is 321 g/mol. The van der Waals surface area contributed by atoms with E-state index in [0.717, 1.165) is 0 Å². The number of carbonyl (C=O) groups excluding carboxylic acids is 1. The number of nitrogens with zero attached hydrogens (tertiary/aromatic N) is 4. The van der Waals surface area contributed by atoms with E-state index >= 15 is 0 Å². The van der Waals surface area contributed by atoms with E-state index in [1.54, 1.807) is 23.2 Å². The van der Waals surface area contributed by atoms with Crippen molar-refractivity contribution in [1.82, 2.24) is 15.0 Å². The summed E-state index contributed by atoms with van der Waals surface area (Å²) in [5.41, 5.74) is -1.52. The van der Waals surface area contributed by atoms with Crippen molar-refractivity contribution >= 4 is 29.1 Å². The van der Waals surface area contributed by atoms with Crippen LogP contribution in [-0.4, -0.2) is 39.6 Å². The van der Waals surface area contributed by atoms with Crippen molar-refractivity contribution in [1.29, 1.82) is 0 Å². The Bertz CT molecular complexity index is 669. The van der Waals surface area contributed by atoms with E-state index in [2.05, 4.69) is 20.3 Å². The number of nitrogens with one attached hydrogen (secondary N) is 1. The topological polar surface area (TPSA) is 71.0 Å². The molecule has 0 aromatic carbocycles. The normalized spacial score (nSPS) is 20.9. The zero-order valence-electron chi connectivity index (χ0n) is 11.5. The van der Waals surface area contributed by atoms with Crippen molar-refractivity contribution in [2.24, 2.45) is 0 Å². The van der Waals surface area contributed by atoms with Gasteiger partial charge in [0.15, 0.2) is 0 Å². The van der Waals surface area contributed by atoms with Gasteiger partial charge < -0.3 is 10.2 Å². The lowest BCUT2D eigenvalue weighted by molar-refractivity contribution is -0.126. The molecule has 1 unspecified atom stereocenters. The number of anilines is 2. The molecule has 2 aromatic rings. The molecule has 1 N–H and O–H groups in total. The molecule has 3 rings (SSSR count). The number of alkyl halides is 1. The molecular formula is C14H13ClFN5O. The van der Waals surface area contributed by atoms with Gasteiger partial charge in [-0.3, -0.25) is 9.78 Å². The molecule has 1 aliphatic rings. The summed E-state index contributed by atoms with van der Waals surface area (Å²) < 4.78 is 14.9. The number of halogens is 2. The van der Waals surface area contributed by atoms with Gasteiger partial charge in [-0.1, -0.05) is 11.6 Å². The van der Waals surface area contributed by atoms with Crippen LogP contribution in [0.1, 0.15) is 6.42 Å². The van der Waals surface area contributed by atoms with Crippen LogP contribution in [0.5, 0.6) is 0 Å². The smallest absolute Gasteiger partial charge is 0.264 e. The molecule has 8 heteroatoms. The van der Waals surface area contributed by atoms with E-state index in [-0.39, 0.29) is 13.0 Å². The number of carbonyl (C=O) groups is 1. The minimum Gasteiger partial charge on any atom is -0.337 e. The third-order valence-corrected chi connectivity index (χ3v) is 3.63. The second-order valence-electron chi connectivity index (χ2n) is 5.03. The fraction of sp³-hybridized carbons (Fsp3) is 0.286. The van der Waals surface area contributed by atoms with Gasteiger partial charge in [0, 0.05) is 19.2 Å². The van der Waals surface area contributed by atoms with Gasteiger partial charge in [-0.15, -0.1) is 0 Å². The lowest BCUT2D eigenvalue weighted by atomic mass is 10.0. The summed E-state index contributed by atoms with van der Waals surface area (Å²) in [5, 5.41) is 2.95. The first-order chi connectivity index (χ1) is 10.6. The highest BCUT2D eigenvalue weighted by Crippen LogP contribution is 2.29. The summed E-state index contributed by atoms with van der Waals surface area (Å²) >= 11 is 5.73. The molecule has 0 spiro atoms. The van der Waals surface area contributed by atoms with Gasteiger partial charge in [0.25, 0.3) is 5.91 Å². The van der Waals surface area contributed by atoms with Crippen molar-refractivity contribution in [2.75, 3.05) is 23.3 Å². The van der Waals surface area contributed by atoms with Gasteiger partial charge in [-0.05, 0) is 12.1 Å². The van der Waals surface area contributed by atoms with Crippen LogP contribution in [0.3, 0.4) is 0 Å². The molecule has 0 aliphatic carbocycles. The van der Waals surface area contributed by atoms with E-state index in [4.69, 9.17) is 11.6 Å². The Hall–Kier alpha value is -2.28. The van der Waals surface area contributed by atoms with Crippen molar-refractivity contribution in [3.05, 3.63) is 41.9 Å². The van der Waals surface area contributed by atoms with Gasteiger partial charge in [-0.2, -0.15) is 0 Å². The van der Waals surface area contributed by atoms with Gasteiger partial charge in [0.05, 0.1) is 35.8 Å². The number of aromatic nitrogens is 3. The van der Waals surface area contributed by atoms with Crippen LogP contribution in [-0.2, 0) is 4.79 Å². The molecule has 6 nitrogen and oxygen atoms in total. The fourth-order valence-electron chi connectivity index (χ4n) is 2.28. The highest BCUT2D eigenvalue weighted by atomic mass is 35.5. The second-order valence-corrected chi connectivity index (χ2v) is 5.47. The molecule has 1 saturated heterocycles. The molecule has 114 valence electrons. The van der Waals surface area contributed by atoms with Crippen LogP contribution in [0, 0.1) is 0 Å². The quantitative estimate of drug-likeness (QED) is 0.937. The molecule has 1 aliphatic heterocycles. The maximum Gasteiger partial charge on any atom is 0.264 e. The van der Waals surface area contributed by atoms with Crippen molar-refractivity contribution < 1.29 is 9.18 Å². The number of hydrogen-bond donors (Lipinski definition) is 1. The molecule has 1 amide bonds. The van der Waals surface area contributed by atoms with Crippen LogP contribution in [0.2, 0.25) is 5.02 Å². The lowest BCUT2D eigenvalue weighted by Crippen LogP contribution is -2.41. The third kappa shape index (κ3) is 2.99. The number of amides is 1. The molecule has 0 saturated carbocycles. The first-order valence-corrected chi connectivity index (χ1v) is 7.07. The molecule has 0 bridgehead atoms. The SMILES string of the molecule is O=C(Nc1cccnc1)C1(F)CCN(c2ncc(Cl)cn2)C1. The van der Waals surface area contributed by atoms with Crippen molar-refractivity contribution in [3.63, 3.8) is 0 Å². The maximum absolute atomic E-state index is 14.9. The van der Waals surface area contributed by atoms with Gasteiger partial charge in [0.1, 0.15) is 0 Å². The average Bonchev–Trinajstić information content (AvgIpc) is 2.93. The van der Waals surface area contributed by atoms with Crippen LogP contribution in [0.15, 0.2) is 36.9 Å². The highest BCUT2D eigenvalue weighted by molar-refractivity contribution is 6.30. The number of pyridine rings is 1. The molecule has 1 fully saturated rings. The summed E-state index contributed by atoms with van der Waals surface area (Å²) in [6, 6.07) is 3.33. The van der Waals surface area contributed by atoms with Gasteiger partial charge in [0.2, 0.25) is 11.6 Å². The van der Waals surface area contributed by atoms with Crippen LogP contribution in [0.25, 0.3) is 0 Å². The van der Waals surface area contributed by atoms with E-state index in [1.807, 2.05) is 0 Å². The molecule has 1 atom stereocenters. The first-order valence-electron chi connectivity index (χ1n) is 6.70. The fourth-order valence-corrected chi connectivity index (χ4v) is 2.38. The molecule has 3 heterocycles. The highest BCUT2D eigenvalue weighted by Gasteiger charge is 2.46. The molecular weight excluding hydrogens is 309 g/mol. The van der Waals surface area contributed by atoms with E-state index < -0.39 is 11.6 Å². The summed E-state index contributed by atoms with van der Waals surface area (Å²) in [6.45, 7) is 0.263. The largest absolute Gasteiger partial charge is 0.337 e. The van der Waals surface area contributed by atoms with Crippen LogP contribution in [0.4, 0.5) is 16.0 Å². The molecule has 2 aromatic heterocycles. The second kappa shape index (κ2) is 5.84. The van der Waals surface area contributed by atoms with E-state index in [1.165, 1.54) is 18.6 Å². The third-order valence-electron chi connectivity index (χ3n) is 3.44. The Morgan fingerprint density at radius 2 is 2.14 bits per heavy atom. The minimum atomic E-state index is -1.99. The lowest BCUT2D eigenvalue weighted by Gasteiger charge is -2.20. The van der Waals surface area contributed by atoms with Crippen LogP contribution >= 0.6 is 11.6 Å². The predicted octanol–water partition coefficient (Wildman–Crippen LogP) is 2.08. The summed E-state index contributed by atoms with van der Waals surface area (Å²) in [5.74, 6) is -0.324. The molecule has 0 radical (unpaired) electrons. The number of rotatable bonds is 3. The van der Waals surface area contributed by atoms with Crippen LogP contribution < -0.4 is 10.2 Å². The Morgan fingerprint density at radius 1 is 1.36 bits per heavy atom. The Kier molecular flexibility index (Phi) is 3.89. The van der Waals surface area contributed by atoms with E-state index in [0.29, 0.717) is 23.2 Å². The van der Waals surface area contributed by atoms with Gasteiger partial charge >= 0.3 is 0 Å². The van der Waals surface area contributed by atoms with Crippen molar-refractivity contribution in [3.8, 4) is 0 Å². The minimum absolute atomic E-state index is 0.0745. The summed E-state index contributed by atoms with van der Waals surface area (Å²) in [6.07, 6.45) is 6.01. The molecule has 22 heavy (non-hydrogen) atoms. The first kappa shape index (κ1) is 14.6. The Morgan fingerprint density at radius 3 is 2.82 bits per heavy atom. The summed E-state index contributed by atoms with van der Waals surface area (Å²) in [7, 11) is 0. The zero-order valence-corrected chi connectivity index (χ0v) is 12.3. The van der Waals surface area contributed by atoms with Gasteiger partial charge in [-0.25, -0.2) is 14.4 Å². The summed E-state index contributed by atoms with van der Waals surface area (Å²) in [4.78, 5) is 25.8. The maximum atomic E-state index is 14.9. The number of hydrogen-bond acceptors (Lipinski definition) is 5. The Labute approximate surface area is 131 Å². The zero-order chi connectivity index (χ0) is 15.6. The Balaban J connectivity index is 1.69. The average molecular weight is 322 g/mol.